The van der Waals surface area contributed by atoms with Gasteiger partial charge in [0.1, 0.15) is 5.60 Å². The van der Waals surface area contributed by atoms with Crippen LogP contribution in [0.3, 0.4) is 0 Å². The first-order valence-corrected chi connectivity index (χ1v) is 12.9. The zero-order valence-electron chi connectivity index (χ0n) is 20.9. The lowest BCUT2D eigenvalue weighted by atomic mass is 9.92. The number of aliphatic hydroxyl groups excluding tert-OH is 1. The van der Waals surface area contributed by atoms with Crippen LogP contribution in [0.5, 0.6) is 0 Å². The molecule has 4 rings (SSSR count). The van der Waals surface area contributed by atoms with Gasteiger partial charge in [0.05, 0.1) is 23.5 Å². The molecule has 0 saturated heterocycles. The lowest BCUT2D eigenvalue weighted by molar-refractivity contribution is 0.00600. The predicted molar refractivity (Wildman–Crippen MR) is 144 cm³/mol. The van der Waals surface area contributed by atoms with Crippen molar-refractivity contribution in [3.63, 3.8) is 0 Å². The normalized spacial score (nSPS) is 17.8. The summed E-state index contributed by atoms with van der Waals surface area (Å²) in [6, 6.07) is 13.5. The van der Waals surface area contributed by atoms with Gasteiger partial charge in [-0.05, 0) is 57.9 Å². The van der Waals surface area contributed by atoms with Crippen LogP contribution < -0.4 is 5.32 Å². The van der Waals surface area contributed by atoms with Gasteiger partial charge in [-0.25, -0.2) is 14.8 Å². The molecule has 194 valence electrons. The van der Waals surface area contributed by atoms with Crippen molar-refractivity contribution in [2.75, 3.05) is 0 Å². The number of carbonyl (C=O) groups is 2. The number of benzene rings is 2. The van der Waals surface area contributed by atoms with Crippen LogP contribution >= 0.6 is 23.2 Å². The van der Waals surface area contributed by atoms with Crippen molar-refractivity contribution in [2.24, 2.45) is 0 Å². The number of amides is 1. The maximum atomic E-state index is 13.5. The lowest BCUT2D eigenvalue weighted by Crippen LogP contribution is -2.45. The van der Waals surface area contributed by atoms with Gasteiger partial charge in [-0.2, -0.15) is 0 Å². The highest BCUT2D eigenvalue weighted by molar-refractivity contribution is 6.31. The molecule has 2 aromatic carbocycles. The summed E-state index contributed by atoms with van der Waals surface area (Å²) in [5, 5.41) is 14.3. The summed E-state index contributed by atoms with van der Waals surface area (Å²) in [5.74, 6) is -1.37. The van der Waals surface area contributed by atoms with E-state index in [1.165, 1.54) is 0 Å². The first kappa shape index (κ1) is 27.0. The minimum Gasteiger partial charge on any atom is -0.455 e. The third kappa shape index (κ3) is 6.66. The number of carbonyl (C=O) groups excluding carboxylic acids is 2. The number of nitrogens with zero attached hydrogens (tertiary/aromatic N) is 2. The molecule has 0 radical (unpaired) electrons. The van der Waals surface area contributed by atoms with Gasteiger partial charge in [-0.3, -0.25) is 4.79 Å². The van der Waals surface area contributed by atoms with E-state index in [1.807, 2.05) is 0 Å². The molecule has 0 aliphatic heterocycles. The Morgan fingerprint density at radius 1 is 0.865 bits per heavy atom. The average Bonchev–Trinajstić information content (AvgIpc) is 2.84. The summed E-state index contributed by atoms with van der Waals surface area (Å²) in [6.07, 6.45) is 2.35. The highest BCUT2D eigenvalue weighted by Crippen LogP contribution is 2.32. The molecular formula is C28H29Cl2N3O4. The van der Waals surface area contributed by atoms with Crippen molar-refractivity contribution in [3.05, 3.63) is 70.0 Å². The fourth-order valence-electron chi connectivity index (χ4n) is 4.20. The van der Waals surface area contributed by atoms with Crippen LogP contribution in [-0.4, -0.2) is 44.7 Å². The van der Waals surface area contributed by atoms with Crippen LogP contribution in [0.4, 0.5) is 0 Å². The van der Waals surface area contributed by atoms with E-state index in [4.69, 9.17) is 27.9 Å². The molecule has 7 nitrogen and oxygen atoms in total. The fraction of sp³-hybridized carbons (Fsp3) is 0.357. The van der Waals surface area contributed by atoms with Crippen LogP contribution in [0, 0.1) is 0 Å². The molecule has 1 heterocycles. The van der Waals surface area contributed by atoms with Crippen molar-refractivity contribution in [1.29, 1.82) is 0 Å². The standard InChI is InChI=1S/C28H29Cl2N3O4/c1-28(2,3)37-27(36)25-24(26(35)31-20-6-4-5-7-21(20)34)32-22(16-8-12-18(29)13-9-16)23(33-25)17-10-14-19(30)15-11-17/h8-15,20-21,34H,4-7H2,1-3H3,(H,31,35)/t20-,21+/m1/s1. The topological polar surface area (TPSA) is 101 Å². The van der Waals surface area contributed by atoms with E-state index in [0.29, 0.717) is 45.4 Å². The van der Waals surface area contributed by atoms with E-state index < -0.39 is 29.6 Å². The van der Waals surface area contributed by atoms with Gasteiger partial charge < -0.3 is 15.2 Å². The van der Waals surface area contributed by atoms with Crippen molar-refractivity contribution in [1.82, 2.24) is 15.3 Å². The molecule has 1 aromatic heterocycles. The summed E-state index contributed by atoms with van der Waals surface area (Å²) in [7, 11) is 0. The third-order valence-corrected chi connectivity index (χ3v) is 6.49. The first-order chi connectivity index (χ1) is 17.5. The Balaban J connectivity index is 1.89. The number of rotatable bonds is 5. The molecule has 0 spiro atoms. The number of hydrogen-bond donors (Lipinski definition) is 2. The molecular weight excluding hydrogens is 513 g/mol. The quantitative estimate of drug-likeness (QED) is 0.378. The van der Waals surface area contributed by atoms with Gasteiger partial charge in [-0.15, -0.1) is 0 Å². The Morgan fingerprint density at radius 2 is 1.35 bits per heavy atom. The van der Waals surface area contributed by atoms with E-state index in [1.54, 1.807) is 69.3 Å². The first-order valence-electron chi connectivity index (χ1n) is 12.2. The summed E-state index contributed by atoms with van der Waals surface area (Å²) >= 11 is 12.2. The molecule has 1 amide bonds. The van der Waals surface area contributed by atoms with Crippen molar-refractivity contribution in [2.45, 2.75) is 64.2 Å². The monoisotopic (exact) mass is 541 g/mol. The van der Waals surface area contributed by atoms with Gasteiger partial charge in [0.25, 0.3) is 5.91 Å². The van der Waals surface area contributed by atoms with E-state index in [0.717, 1.165) is 12.8 Å². The van der Waals surface area contributed by atoms with Crippen LogP contribution in [0.2, 0.25) is 10.0 Å². The molecule has 2 N–H and O–H groups in total. The maximum Gasteiger partial charge on any atom is 0.359 e. The van der Waals surface area contributed by atoms with E-state index in [2.05, 4.69) is 15.3 Å². The predicted octanol–water partition coefficient (Wildman–Crippen LogP) is 6.11. The van der Waals surface area contributed by atoms with E-state index in [-0.39, 0.29) is 11.4 Å². The van der Waals surface area contributed by atoms with Gasteiger partial charge in [0.2, 0.25) is 0 Å². The van der Waals surface area contributed by atoms with Gasteiger partial charge in [0.15, 0.2) is 11.4 Å². The molecule has 9 heteroatoms. The maximum absolute atomic E-state index is 13.5. The second kappa shape index (κ2) is 11.2. The molecule has 1 aliphatic rings. The Hall–Kier alpha value is -3.00. The Bertz CT molecular complexity index is 1290. The summed E-state index contributed by atoms with van der Waals surface area (Å²) in [5.41, 5.74) is 0.886. The van der Waals surface area contributed by atoms with Gasteiger partial charge in [0, 0.05) is 21.2 Å². The summed E-state index contributed by atoms with van der Waals surface area (Å²) in [4.78, 5) is 36.1. The van der Waals surface area contributed by atoms with Crippen molar-refractivity contribution >= 4 is 35.1 Å². The second-order valence-corrected chi connectivity index (χ2v) is 10.9. The lowest BCUT2D eigenvalue weighted by Gasteiger charge is -2.28. The van der Waals surface area contributed by atoms with E-state index >= 15 is 0 Å². The molecule has 1 fully saturated rings. The molecule has 2 atom stereocenters. The number of hydrogen-bond acceptors (Lipinski definition) is 6. The zero-order valence-corrected chi connectivity index (χ0v) is 22.4. The molecule has 0 bridgehead atoms. The van der Waals surface area contributed by atoms with Crippen molar-refractivity contribution < 1.29 is 19.4 Å². The molecule has 1 saturated carbocycles. The summed E-state index contributed by atoms with van der Waals surface area (Å²) < 4.78 is 5.59. The van der Waals surface area contributed by atoms with Crippen molar-refractivity contribution in [3.8, 4) is 22.5 Å². The van der Waals surface area contributed by atoms with Crippen LogP contribution in [0.1, 0.15) is 67.4 Å². The van der Waals surface area contributed by atoms with Crippen LogP contribution in [0.25, 0.3) is 22.5 Å². The second-order valence-electron chi connectivity index (χ2n) is 10.1. The average molecular weight is 542 g/mol. The molecule has 3 aromatic rings. The zero-order chi connectivity index (χ0) is 26.7. The third-order valence-electron chi connectivity index (χ3n) is 5.98. The smallest absolute Gasteiger partial charge is 0.359 e. The van der Waals surface area contributed by atoms with Crippen LogP contribution in [-0.2, 0) is 4.74 Å². The number of ether oxygens (including phenoxy) is 1. The Labute approximate surface area is 226 Å². The molecule has 37 heavy (non-hydrogen) atoms. The molecule has 1 aliphatic carbocycles. The highest BCUT2D eigenvalue weighted by atomic mass is 35.5. The fourth-order valence-corrected chi connectivity index (χ4v) is 4.45. The summed E-state index contributed by atoms with van der Waals surface area (Å²) in [6.45, 7) is 5.20. The highest BCUT2D eigenvalue weighted by Gasteiger charge is 2.31. The van der Waals surface area contributed by atoms with Crippen LogP contribution in [0.15, 0.2) is 48.5 Å². The van der Waals surface area contributed by atoms with E-state index in [9.17, 15) is 14.7 Å². The Kier molecular flexibility index (Phi) is 8.17. The largest absolute Gasteiger partial charge is 0.455 e. The van der Waals surface area contributed by atoms with Gasteiger partial charge >= 0.3 is 5.97 Å². The number of nitrogens with one attached hydrogen (secondary N) is 1. The minimum absolute atomic E-state index is 0.172. The number of esters is 1. The molecule has 0 unspecified atom stereocenters. The van der Waals surface area contributed by atoms with Gasteiger partial charge in [-0.1, -0.05) is 60.3 Å². The number of aliphatic hydroxyl groups is 1. The Morgan fingerprint density at radius 3 is 1.84 bits per heavy atom. The minimum atomic E-state index is -0.818. The number of aromatic nitrogens is 2. The SMILES string of the molecule is CC(C)(C)OC(=O)c1nc(-c2ccc(Cl)cc2)c(-c2ccc(Cl)cc2)nc1C(=O)N[C@@H]1CCCC[C@@H]1O. The number of halogens is 2.